The number of aryl methyl sites for hydroxylation is 1. The first-order valence-corrected chi connectivity index (χ1v) is 13.2. The van der Waals surface area contributed by atoms with Crippen molar-refractivity contribution in [2.75, 3.05) is 11.1 Å². The third kappa shape index (κ3) is 5.54. The van der Waals surface area contributed by atoms with Gasteiger partial charge in [-0.3, -0.25) is 14.3 Å². The Labute approximate surface area is 212 Å². The fourth-order valence-corrected chi connectivity index (χ4v) is 5.31. The van der Waals surface area contributed by atoms with Crippen molar-refractivity contribution in [1.82, 2.24) is 24.1 Å². The van der Waals surface area contributed by atoms with E-state index in [0.29, 0.717) is 23.1 Å². The van der Waals surface area contributed by atoms with Crippen LogP contribution in [0.4, 0.5) is 5.69 Å². The topological polar surface area (TPSA) is 86.7 Å². The Hall–Kier alpha value is -3.24. The normalized spacial score (nSPS) is 11.1. The molecule has 4 rings (SSSR count). The summed E-state index contributed by atoms with van der Waals surface area (Å²) >= 11 is 3.02. The number of anilines is 1. The van der Waals surface area contributed by atoms with Crippen molar-refractivity contribution in [2.24, 2.45) is 7.05 Å². The minimum absolute atomic E-state index is 0.127. The molecule has 2 aromatic carbocycles. The second kappa shape index (κ2) is 11.0. The first kappa shape index (κ1) is 24.9. The summed E-state index contributed by atoms with van der Waals surface area (Å²) in [6, 6.07) is 17.7. The van der Waals surface area contributed by atoms with Crippen LogP contribution >= 0.6 is 23.5 Å². The van der Waals surface area contributed by atoms with Crippen molar-refractivity contribution in [1.29, 1.82) is 0 Å². The van der Waals surface area contributed by atoms with Gasteiger partial charge in [0.25, 0.3) is 5.56 Å². The number of rotatable bonds is 9. The van der Waals surface area contributed by atoms with Crippen LogP contribution in [0.1, 0.15) is 24.0 Å². The number of nitrogens with zero attached hydrogens (tertiary/aromatic N) is 5. The van der Waals surface area contributed by atoms with Crippen LogP contribution in [-0.2, 0) is 24.1 Å². The number of hydrogen-bond donors (Lipinski definition) is 1. The lowest BCUT2D eigenvalue weighted by atomic mass is 10.2. The van der Waals surface area contributed by atoms with Crippen LogP contribution in [0.5, 0.6) is 0 Å². The van der Waals surface area contributed by atoms with E-state index in [4.69, 9.17) is 0 Å². The number of hydrogen-bond acceptors (Lipinski definition) is 6. The van der Waals surface area contributed by atoms with Crippen LogP contribution in [0.2, 0.25) is 0 Å². The number of para-hydroxylation sites is 1. The van der Waals surface area contributed by atoms with Gasteiger partial charge in [0.05, 0.1) is 22.9 Å². The van der Waals surface area contributed by atoms with Crippen LogP contribution in [-0.4, -0.2) is 35.8 Å². The van der Waals surface area contributed by atoms with E-state index in [2.05, 4.69) is 46.7 Å². The Bertz CT molecular complexity index is 1370. The number of nitrogens with one attached hydrogen (secondary N) is 1. The molecule has 182 valence electrons. The highest BCUT2D eigenvalue weighted by Crippen LogP contribution is 2.25. The molecule has 0 bridgehead atoms. The first-order valence-electron chi connectivity index (χ1n) is 11.3. The highest BCUT2D eigenvalue weighted by molar-refractivity contribution is 7.99. The molecule has 0 spiro atoms. The van der Waals surface area contributed by atoms with E-state index in [1.54, 1.807) is 28.2 Å². The maximum atomic E-state index is 13.0. The highest BCUT2D eigenvalue weighted by atomic mass is 32.2. The summed E-state index contributed by atoms with van der Waals surface area (Å²) in [5.74, 6) is 1.43. The van der Waals surface area contributed by atoms with Gasteiger partial charge in [-0.1, -0.05) is 47.7 Å². The van der Waals surface area contributed by atoms with E-state index in [-0.39, 0.29) is 22.9 Å². The average Bonchev–Trinajstić information content (AvgIpc) is 3.36. The largest absolute Gasteiger partial charge is 0.319 e. The number of thioether (sulfide) groups is 2. The van der Waals surface area contributed by atoms with Crippen LogP contribution in [0.3, 0.4) is 0 Å². The first-order chi connectivity index (χ1) is 16.9. The zero-order valence-electron chi connectivity index (χ0n) is 20.2. The molecular formula is C25H28N6O2S2. The second-order valence-corrected chi connectivity index (χ2v) is 10.0. The fourth-order valence-electron chi connectivity index (χ4n) is 3.65. The van der Waals surface area contributed by atoms with E-state index >= 15 is 0 Å². The van der Waals surface area contributed by atoms with Crippen LogP contribution in [0.25, 0.3) is 5.69 Å². The maximum absolute atomic E-state index is 13.0. The molecule has 0 aliphatic carbocycles. The van der Waals surface area contributed by atoms with Gasteiger partial charge < -0.3 is 9.88 Å². The molecule has 1 amide bonds. The molecule has 2 heterocycles. The van der Waals surface area contributed by atoms with E-state index in [1.165, 1.54) is 22.2 Å². The Morgan fingerprint density at radius 1 is 1.00 bits per heavy atom. The van der Waals surface area contributed by atoms with Gasteiger partial charge in [-0.15, -0.1) is 22.0 Å². The SMILES string of the molecule is CCn1c(CSc2ccc(C)cc2)nnc1SCC(=O)Nc1c(C)n(C)n(-c2ccccc2)c1=O. The molecule has 0 atom stereocenters. The van der Waals surface area contributed by atoms with Crippen LogP contribution in [0, 0.1) is 13.8 Å². The average molecular weight is 509 g/mol. The smallest absolute Gasteiger partial charge is 0.295 e. The van der Waals surface area contributed by atoms with Crippen molar-refractivity contribution in [3.05, 3.63) is 82.0 Å². The quantitative estimate of drug-likeness (QED) is 0.337. The summed E-state index contributed by atoms with van der Waals surface area (Å²) in [5.41, 5.74) is 2.68. The lowest BCUT2D eigenvalue weighted by Gasteiger charge is -2.08. The van der Waals surface area contributed by atoms with Crippen LogP contribution in [0.15, 0.2) is 69.4 Å². The van der Waals surface area contributed by atoms with Gasteiger partial charge in [-0.25, -0.2) is 4.68 Å². The molecule has 0 fully saturated rings. The van der Waals surface area contributed by atoms with Crippen molar-refractivity contribution in [2.45, 2.75) is 43.1 Å². The lowest BCUT2D eigenvalue weighted by molar-refractivity contribution is -0.113. The standard InChI is InChI=1S/C25H28N6O2S2/c1-5-30-21(15-34-20-13-11-17(2)12-14-20)27-28-25(30)35-16-22(32)26-23-18(3)29(4)31(24(23)33)19-9-7-6-8-10-19/h6-14H,5,15-16H2,1-4H3,(H,26,32). The Morgan fingerprint density at radius 3 is 2.40 bits per heavy atom. The summed E-state index contributed by atoms with van der Waals surface area (Å²) in [6.45, 7) is 6.63. The van der Waals surface area contributed by atoms with Gasteiger partial charge in [0, 0.05) is 18.5 Å². The molecule has 8 nitrogen and oxygen atoms in total. The van der Waals surface area contributed by atoms with Gasteiger partial charge in [0.15, 0.2) is 5.16 Å². The predicted octanol–water partition coefficient (Wildman–Crippen LogP) is 4.43. The number of benzene rings is 2. The van der Waals surface area contributed by atoms with Crippen molar-refractivity contribution in [3.63, 3.8) is 0 Å². The Kier molecular flexibility index (Phi) is 7.82. The number of carbonyl (C=O) groups is 1. The summed E-state index contributed by atoms with van der Waals surface area (Å²) in [5, 5.41) is 12.1. The molecule has 35 heavy (non-hydrogen) atoms. The third-order valence-corrected chi connectivity index (χ3v) is 7.62. The minimum Gasteiger partial charge on any atom is -0.319 e. The molecule has 4 aromatic rings. The van der Waals surface area contributed by atoms with Gasteiger partial charge in [-0.05, 0) is 45.0 Å². The third-order valence-electron chi connectivity index (χ3n) is 5.65. The molecule has 0 saturated carbocycles. The van der Waals surface area contributed by atoms with E-state index in [9.17, 15) is 9.59 Å². The van der Waals surface area contributed by atoms with Gasteiger partial charge in [0.1, 0.15) is 11.5 Å². The summed E-state index contributed by atoms with van der Waals surface area (Å²) in [4.78, 5) is 26.9. The molecule has 0 saturated heterocycles. The molecule has 0 unspecified atom stereocenters. The Morgan fingerprint density at radius 2 is 1.71 bits per heavy atom. The maximum Gasteiger partial charge on any atom is 0.295 e. The molecule has 1 N–H and O–H groups in total. The summed E-state index contributed by atoms with van der Waals surface area (Å²) < 4.78 is 5.31. The molecule has 0 aliphatic heterocycles. The van der Waals surface area contributed by atoms with Crippen LogP contribution < -0.4 is 10.9 Å². The number of carbonyl (C=O) groups excluding carboxylic acids is 1. The van der Waals surface area contributed by atoms with Crippen molar-refractivity contribution >= 4 is 35.1 Å². The minimum atomic E-state index is -0.262. The summed E-state index contributed by atoms with van der Waals surface area (Å²) in [6.07, 6.45) is 0. The zero-order chi connectivity index (χ0) is 24.9. The second-order valence-electron chi connectivity index (χ2n) is 8.02. The molecule has 0 radical (unpaired) electrons. The zero-order valence-corrected chi connectivity index (χ0v) is 21.8. The number of amides is 1. The van der Waals surface area contributed by atoms with Gasteiger partial charge >= 0.3 is 0 Å². The van der Waals surface area contributed by atoms with E-state index < -0.39 is 0 Å². The van der Waals surface area contributed by atoms with Crippen molar-refractivity contribution in [3.8, 4) is 5.69 Å². The van der Waals surface area contributed by atoms with E-state index in [1.807, 2.05) is 48.7 Å². The highest BCUT2D eigenvalue weighted by Gasteiger charge is 2.19. The molecular weight excluding hydrogens is 480 g/mol. The molecule has 0 aliphatic rings. The molecule has 2 aromatic heterocycles. The lowest BCUT2D eigenvalue weighted by Crippen LogP contribution is -2.23. The van der Waals surface area contributed by atoms with Gasteiger partial charge in [0.2, 0.25) is 5.91 Å². The Balaban J connectivity index is 1.41. The fraction of sp³-hybridized carbons (Fsp3) is 0.280. The van der Waals surface area contributed by atoms with E-state index in [0.717, 1.165) is 11.5 Å². The predicted molar refractivity (Wildman–Crippen MR) is 142 cm³/mol. The molecule has 10 heteroatoms. The van der Waals surface area contributed by atoms with Gasteiger partial charge in [-0.2, -0.15) is 0 Å². The monoisotopic (exact) mass is 508 g/mol. The number of aromatic nitrogens is 5. The van der Waals surface area contributed by atoms with Crippen molar-refractivity contribution < 1.29 is 4.79 Å². The summed E-state index contributed by atoms with van der Waals surface area (Å²) in [7, 11) is 1.80.